The van der Waals surface area contributed by atoms with Gasteiger partial charge in [-0.05, 0) is 12.1 Å². The van der Waals surface area contributed by atoms with Crippen LogP contribution in [0.1, 0.15) is 26.0 Å². The van der Waals surface area contributed by atoms with E-state index in [0.717, 1.165) is 0 Å². The SMILES string of the molecule is CC.FC(F)c1ccco1. The molecule has 0 unspecified atom stereocenters. The van der Waals surface area contributed by atoms with Crippen LogP contribution in [0.2, 0.25) is 0 Å². The Morgan fingerprint density at radius 2 is 2.00 bits per heavy atom. The predicted octanol–water partition coefficient (Wildman–Crippen LogP) is 3.24. The summed E-state index contributed by atoms with van der Waals surface area (Å²) in [5, 5.41) is 0. The standard InChI is InChI=1S/C5H4F2O.C2H6/c6-5(7)4-2-1-3-8-4;1-2/h1-3,5H;1-2H3. The summed E-state index contributed by atoms with van der Waals surface area (Å²) in [6.07, 6.45) is -1.26. The Morgan fingerprint density at radius 1 is 1.40 bits per heavy atom. The second-order valence-electron chi connectivity index (χ2n) is 1.32. The highest BCUT2D eigenvalue weighted by atomic mass is 19.3. The molecule has 0 spiro atoms. The Kier molecular flexibility index (Phi) is 4.54. The fraction of sp³-hybridized carbons (Fsp3) is 0.429. The van der Waals surface area contributed by atoms with E-state index in [1.165, 1.54) is 18.4 Å². The highest BCUT2D eigenvalue weighted by Crippen LogP contribution is 2.17. The van der Waals surface area contributed by atoms with Crippen molar-refractivity contribution < 1.29 is 13.2 Å². The van der Waals surface area contributed by atoms with E-state index in [4.69, 9.17) is 0 Å². The summed E-state index contributed by atoms with van der Waals surface area (Å²) in [5.41, 5.74) is 0. The van der Waals surface area contributed by atoms with Crippen LogP contribution in [-0.2, 0) is 0 Å². The molecule has 0 atom stereocenters. The Morgan fingerprint density at radius 3 is 2.20 bits per heavy atom. The van der Waals surface area contributed by atoms with Crippen LogP contribution in [0.25, 0.3) is 0 Å². The molecule has 0 amide bonds. The number of hydrogen-bond donors (Lipinski definition) is 0. The second-order valence-corrected chi connectivity index (χ2v) is 1.32. The van der Waals surface area contributed by atoms with Crippen molar-refractivity contribution in [1.29, 1.82) is 0 Å². The summed E-state index contributed by atoms with van der Waals surface area (Å²) < 4.78 is 27.4. The molecule has 0 radical (unpaired) electrons. The van der Waals surface area contributed by atoms with E-state index >= 15 is 0 Å². The van der Waals surface area contributed by atoms with Crippen molar-refractivity contribution in [3.63, 3.8) is 0 Å². The molecule has 0 saturated carbocycles. The number of halogens is 2. The molecule has 0 fully saturated rings. The molecule has 0 saturated heterocycles. The smallest absolute Gasteiger partial charge is 0.295 e. The van der Waals surface area contributed by atoms with Gasteiger partial charge >= 0.3 is 0 Å². The maximum atomic E-state index is 11.5. The van der Waals surface area contributed by atoms with Crippen molar-refractivity contribution in [3.05, 3.63) is 24.2 Å². The maximum Gasteiger partial charge on any atom is 0.295 e. The van der Waals surface area contributed by atoms with E-state index in [9.17, 15) is 8.78 Å². The van der Waals surface area contributed by atoms with Crippen LogP contribution in [0, 0.1) is 0 Å². The number of rotatable bonds is 1. The molecule has 0 aliphatic carbocycles. The first kappa shape index (κ1) is 9.14. The lowest BCUT2D eigenvalue weighted by atomic mass is 10.5. The first-order valence-electron chi connectivity index (χ1n) is 3.12. The van der Waals surface area contributed by atoms with E-state index in [2.05, 4.69) is 4.42 Å². The highest BCUT2D eigenvalue weighted by Gasteiger charge is 2.07. The Bertz CT molecular complexity index is 147. The molecule has 1 rings (SSSR count). The largest absolute Gasteiger partial charge is 0.463 e. The van der Waals surface area contributed by atoms with Crippen LogP contribution in [0.3, 0.4) is 0 Å². The lowest BCUT2D eigenvalue weighted by molar-refractivity contribution is 0.122. The average molecular weight is 148 g/mol. The molecule has 1 aromatic heterocycles. The molecular formula is C7H10F2O. The van der Waals surface area contributed by atoms with E-state index < -0.39 is 6.43 Å². The van der Waals surface area contributed by atoms with Gasteiger partial charge in [0, 0.05) is 0 Å². The summed E-state index contributed by atoms with van der Waals surface area (Å²) in [7, 11) is 0. The number of hydrogen-bond acceptors (Lipinski definition) is 1. The first-order valence-corrected chi connectivity index (χ1v) is 3.12. The summed E-state index contributed by atoms with van der Waals surface area (Å²) in [6, 6.07) is 2.67. The van der Waals surface area contributed by atoms with Gasteiger partial charge < -0.3 is 4.42 Å². The quantitative estimate of drug-likeness (QED) is 0.595. The van der Waals surface area contributed by atoms with Crippen molar-refractivity contribution in [2.45, 2.75) is 20.3 Å². The Balaban J connectivity index is 0.000000371. The normalized spacial score (nSPS) is 8.90. The molecule has 0 N–H and O–H groups in total. The zero-order valence-corrected chi connectivity index (χ0v) is 5.97. The molecule has 0 aliphatic heterocycles. The van der Waals surface area contributed by atoms with Gasteiger partial charge in [0.2, 0.25) is 0 Å². The van der Waals surface area contributed by atoms with E-state index in [1.807, 2.05) is 13.8 Å². The lowest BCUT2D eigenvalue weighted by Gasteiger charge is -1.87. The van der Waals surface area contributed by atoms with Gasteiger partial charge in [-0.1, -0.05) is 13.8 Å². The third-order valence-corrected chi connectivity index (χ3v) is 0.758. The number of furan rings is 1. The molecule has 1 aromatic rings. The molecule has 0 aromatic carbocycles. The van der Waals surface area contributed by atoms with Gasteiger partial charge in [-0.25, -0.2) is 8.78 Å². The minimum Gasteiger partial charge on any atom is -0.463 e. The Labute approximate surface area is 58.7 Å². The van der Waals surface area contributed by atoms with Crippen LogP contribution in [0.5, 0.6) is 0 Å². The van der Waals surface area contributed by atoms with Crippen LogP contribution >= 0.6 is 0 Å². The average Bonchev–Trinajstić information content (AvgIpc) is 2.42. The number of alkyl halides is 2. The minimum absolute atomic E-state index is 0.273. The van der Waals surface area contributed by atoms with Crippen molar-refractivity contribution in [2.24, 2.45) is 0 Å². The van der Waals surface area contributed by atoms with Crippen molar-refractivity contribution in [1.82, 2.24) is 0 Å². The summed E-state index contributed by atoms with van der Waals surface area (Å²) in [4.78, 5) is 0. The fourth-order valence-corrected chi connectivity index (χ4v) is 0.415. The molecule has 0 aliphatic rings. The molecule has 58 valence electrons. The predicted molar refractivity (Wildman–Crippen MR) is 35.0 cm³/mol. The van der Waals surface area contributed by atoms with Gasteiger partial charge in [-0.3, -0.25) is 0 Å². The second kappa shape index (κ2) is 4.97. The third-order valence-electron chi connectivity index (χ3n) is 0.758. The summed E-state index contributed by atoms with van der Waals surface area (Å²) >= 11 is 0. The molecule has 1 nitrogen and oxygen atoms in total. The van der Waals surface area contributed by atoms with E-state index in [0.29, 0.717) is 0 Å². The van der Waals surface area contributed by atoms with Gasteiger partial charge in [0.15, 0.2) is 5.76 Å². The van der Waals surface area contributed by atoms with Crippen LogP contribution in [0.15, 0.2) is 22.8 Å². The Hall–Kier alpha value is -0.860. The van der Waals surface area contributed by atoms with Gasteiger partial charge in [-0.15, -0.1) is 0 Å². The molecule has 3 heteroatoms. The zero-order chi connectivity index (χ0) is 7.98. The van der Waals surface area contributed by atoms with Crippen molar-refractivity contribution in [3.8, 4) is 0 Å². The summed E-state index contributed by atoms with van der Waals surface area (Å²) in [5.74, 6) is -0.273. The summed E-state index contributed by atoms with van der Waals surface area (Å²) in [6.45, 7) is 4.00. The topological polar surface area (TPSA) is 13.1 Å². The highest BCUT2D eigenvalue weighted by molar-refractivity contribution is 4.98. The van der Waals surface area contributed by atoms with Crippen molar-refractivity contribution in [2.75, 3.05) is 0 Å². The van der Waals surface area contributed by atoms with Gasteiger partial charge in [0.1, 0.15) is 0 Å². The molecule has 0 bridgehead atoms. The molecule has 1 heterocycles. The van der Waals surface area contributed by atoms with E-state index in [1.54, 1.807) is 0 Å². The van der Waals surface area contributed by atoms with Gasteiger partial charge in [-0.2, -0.15) is 0 Å². The monoisotopic (exact) mass is 148 g/mol. The van der Waals surface area contributed by atoms with Crippen LogP contribution in [0.4, 0.5) is 8.78 Å². The molecular weight excluding hydrogens is 138 g/mol. The maximum absolute atomic E-state index is 11.5. The first-order chi connectivity index (χ1) is 4.80. The third kappa shape index (κ3) is 2.62. The molecule has 10 heavy (non-hydrogen) atoms. The zero-order valence-electron chi connectivity index (χ0n) is 5.97. The fourth-order valence-electron chi connectivity index (χ4n) is 0.415. The van der Waals surface area contributed by atoms with Crippen molar-refractivity contribution >= 4 is 0 Å². The van der Waals surface area contributed by atoms with Crippen LogP contribution < -0.4 is 0 Å². The minimum atomic E-state index is -2.48. The van der Waals surface area contributed by atoms with Crippen LogP contribution in [-0.4, -0.2) is 0 Å². The van der Waals surface area contributed by atoms with Gasteiger partial charge in [0.05, 0.1) is 6.26 Å². The lowest BCUT2D eigenvalue weighted by Crippen LogP contribution is -1.74. The van der Waals surface area contributed by atoms with Gasteiger partial charge in [0.25, 0.3) is 6.43 Å². The van der Waals surface area contributed by atoms with E-state index in [-0.39, 0.29) is 5.76 Å².